The number of nitrogens with one attached hydrogen (secondary N) is 1. The number of anilines is 1. The van der Waals surface area contributed by atoms with Gasteiger partial charge < -0.3 is 5.32 Å². The van der Waals surface area contributed by atoms with Gasteiger partial charge in [-0.15, -0.1) is 0 Å². The van der Waals surface area contributed by atoms with Crippen LogP contribution in [0, 0.1) is 12.7 Å². The van der Waals surface area contributed by atoms with Crippen LogP contribution in [0.1, 0.15) is 15.9 Å². The Balaban J connectivity index is 2.21. The Bertz CT molecular complexity index is 584. The Morgan fingerprint density at radius 1 is 1.33 bits per heavy atom. The van der Waals surface area contributed by atoms with Crippen molar-refractivity contribution in [2.75, 3.05) is 5.32 Å². The molecule has 0 bridgehead atoms. The monoisotopic (exact) mass is 308 g/mol. The van der Waals surface area contributed by atoms with E-state index >= 15 is 0 Å². The molecule has 1 N–H and O–H groups in total. The van der Waals surface area contributed by atoms with Gasteiger partial charge in [-0.05, 0) is 47.1 Å². The fraction of sp³-hybridized carbons (Fsp3) is 0.0769. The summed E-state index contributed by atoms with van der Waals surface area (Å²) < 4.78 is 14.0. The third-order valence-electron chi connectivity index (χ3n) is 2.51. The lowest BCUT2D eigenvalue weighted by Gasteiger charge is -2.08. The Morgan fingerprint density at radius 2 is 2.11 bits per heavy atom. The molecule has 1 aromatic heterocycles. The average Bonchev–Trinajstić information content (AvgIpc) is 2.36. The van der Waals surface area contributed by atoms with Crippen LogP contribution in [0.25, 0.3) is 0 Å². The van der Waals surface area contributed by atoms with Gasteiger partial charge in [-0.2, -0.15) is 0 Å². The van der Waals surface area contributed by atoms with E-state index in [4.69, 9.17) is 0 Å². The second-order valence-corrected chi connectivity index (χ2v) is 4.55. The zero-order valence-electron chi connectivity index (χ0n) is 9.58. The van der Waals surface area contributed by atoms with E-state index in [2.05, 4.69) is 26.2 Å². The first-order chi connectivity index (χ1) is 8.58. The second kappa shape index (κ2) is 5.27. The second-order valence-electron chi connectivity index (χ2n) is 3.74. The number of carbonyl (C=O) groups excluding carboxylic acids is 1. The van der Waals surface area contributed by atoms with E-state index < -0.39 is 0 Å². The fourth-order valence-corrected chi connectivity index (χ4v) is 1.68. The summed E-state index contributed by atoms with van der Waals surface area (Å²) in [5.74, 6) is -0.662. The number of nitrogens with zero attached hydrogens (tertiary/aromatic N) is 1. The number of benzene rings is 1. The standard InChI is InChI=1S/C13H10BrFN2O/c1-8-10(15)3-2-4-11(8)17-13(18)9-5-6-12(14)16-7-9/h2-7H,1H3,(H,17,18). The first-order valence-electron chi connectivity index (χ1n) is 5.26. The number of halogens is 2. The van der Waals surface area contributed by atoms with Crippen molar-refractivity contribution in [3.8, 4) is 0 Å². The van der Waals surface area contributed by atoms with Gasteiger partial charge in [0.25, 0.3) is 5.91 Å². The number of pyridine rings is 1. The molecule has 0 aliphatic heterocycles. The van der Waals surface area contributed by atoms with Crippen molar-refractivity contribution < 1.29 is 9.18 Å². The zero-order chi connectivity index (χ0) is 13.1. The smallest absolute Gasteiger partial charge is 0.257 e. The van der Waals surface area contributed by atoms with Gasteiger partial charge in [-0.25, -0.2) is 9.37 Å². The molecule has 0 atom stereocenters. The van der Waals surface area contributed by atoms with Gasteiger partial charge >= 0.3 is 0 Å². The molecule has 0 unspecified atom stereocenters. The van der Waals surface area contributed by atoms with E-state index in [0.717, 1.165) is 0 Å². The summed E-state index contributed by atoms with van der Waals surface area (Å²) in [6, 6.07) is 7.88. The molecule has 0 fully saturated rings. The van der Waals surface area contributed by atoms with Crippen LogP contribution in [-0.2, 0) is 0 Å². The molecule has 5 heteroatoms. The summed E-state index contributed by atoms with van der Waals surface area (Å²) in [4.78, 5) is 15.9. The topological polar surface area (TPSA) is 42.0 Å². The van der Waals surface area contributed by atoms with Crippen molar-refractivity contribution in [3.05, 3.63) is 58.1 Å². The van der Waals surface area contributed by atoms with Crippen LogP contribution in [0.5, 0.6) is 0 Å². The van der Waals surface area contributed by atoms with Crippen molar-refractivity contribution in [2.45, 2.75) is 6.92 Å². The van der Waals surface area contributed by atoms with Crippen molar-refractivity contribution in [1.82, 2.24) is 4.98 Å². The zero-order valence-corrected chi connectivity index (χ0v) is 11.2. The molecule has 1 aromatic carbocycles. The van der Waals surface area contributed by atoms with Crippen LogP contribution in [0.3, 0.4) is 0 Å². The molecule has 1 heterocycles. The van der Waals surface area contributed by atoms with Gasteiger partial charge in [0.2, 0.25) is 0 Å². The number of hydrogen-bond acceptors (Lipinski definition) is 2. The van der Waals surface area contributed by atoms with E-state index in [1.807, 2.05) is 0 Å². The van der Waals surface area contributed by atoms with Gasteiger partial charge in [-0.3, -0.25) is 4.79 Å². The number of amides is 1. The van der Waals surface area contributed by atoms with E-state index in [1.165, 1.54) is 12.3 Å². The molecule has 2 aromatic rings. The lowest BCUT2D eigenvalue weighted by molar-refractivity contribution is 0.102. The van der Waals surface area contributed by atoms with Crippen LogP contribution in [-0.4, -0.2) is 10.9 Å². The molecule has 0 saturated heterocycles. The molecule has 0 aliphatic carbocycles. The molecule has 3 nitrogen and oxygen atoms in total. The lowest BCUT2D eigenvalue weighted by Crippen LogP contribution is -2.13. The summed E-state index contributed by atoms with van der Waals surface area (Å²) in [5.41, 5.74) is 1.29. The third-order valence-corrected chi connectivity index (χ3v) is 2.97. The van der Waals surface area contributed by atoms with E-state index in [0.29, 0.717) is 21.4 Å². The molecule has 18 heavy (non-hydrogen) atoms. The SMILES string of the molecule is Cc1c(F)cccc1NC(=O)c1ccc(Br)nc1. The molecule has 0 aliphatic rings. The van der Waals surface area contributed by atoms with Crippen LogP contribution in [0.2, 0.25) is 0 Å². The van der Waals surface area contributed by atoms with E-state index in [-0.39, 0.29) is 11.7 Å². The van der Waals surface area contributed by atoms with Crippen LogP contribution < -0.4 is 5.32 Å². The Kier molecular flexibility index (Phi) is 3.72. The summed E-state index contributed by atoms with van der Waals surface area (Å²) in [6.07, 6.45) is 1.45. The number of hydrogen-bond donors (Lipinski definition) is 1. The molecule has 1 amide bonds. The minimum Gasteiger partial charge on any atom is -0.322 e. The Morgan fingerprint density at radius 3 is 2.78 bits per heavy atom. The maximum atomic E-state index is 13.3. The van der Waals surface area contributed by atoms with Gasteiger partial charge in [0, 0.05) is 17.4 Å². The van der Waals surface area contributed by atoms with Gasteiger partial charge in [-0.1, -0.05) is 6.07 Å². The fourth-order valence-electron chi connectivity index (χ4n) is 1.45. The van der Waals surface area contributed by atoms with Crippen molar-refractivity contribution >= 4 is 27.5 Å². The first-order valence-corrected chi connectivity index (χ1v) is 6.05. The van der Waals surface area contributed by atoms with Crippen molar-refractivity contribution in [1.29, 1.82) is 0 Å². The Labute approximate surface area is 112 Å². The lowest BCUT2D eigenvalue weighted by atomic mass is 10.2. The summed E-state index contributed by atoms with van der Waals surface area (Å²) in [5, 5.41) is 2.65. The van der Waals surface area contributed by atoms with E-state index in [9.17, 15) is 9.18 Å². The first kappa shape index (κ1) is 12.7. The number of carbonyl (C=O) groups is 1. The predicted molar refractivity (Wildman–Crippen MR) is 71.0 cm³/mol. The molecule has 0 spiro atoms. The van der Waals surface area contributed by atoms with E-state index in [1.54, 1.807) is 31.2 Å². The molecule has 0 radical (unpaired) electrons. The number of aromatic nitrogens is 1. The van der Waals surface area contributed by atoms with Gasteiger partial charge in [0.05, 0.1) is 5.56 Å². The molecular formula is C13H10BrFN2O. The molecule has 92 valence electrons. The van der Waals surface area contributed by atoms with Crippen molar-refractivity contribution in [2.24, 2.45) is 0 Å². The number of rotatable bonds is 2. The van der Waals surface area contributed by atoms with Crippen molar-refractivity contribution in [3.63, 3.8) is 0 Å². The summed E-state index contributed by atoms with van der Waals surface area (Å²) in [7, 11) is 0. The maximum Gasteiger partial charge on any atom is 0.257 e. The molecular weight excluding hydrogens is 299 g/mol. The molecule has 0 saturated carbocycles. The van der Waals surface area contributed by atoms with Crippen LogP contribution in [0.4, 0.5) is 10.1 Å². The summed E-state index contributed by atoms with van der Waals surface area (Å²) in [6.45, 7) is 1.62. The Hall–Kier alpha value is -1.75. The van der Waals surface area contributed by atoms with Gasteiger partial charge in [0.15, 0.2) is 0 Å². The minimum absolute atomic E-state index is 0.316. The normalized spacial score (nSPS) is 10.2. The highest BCUT2D eigenvalue weighted by molar-refractivity contribution is 9.10. The quantitative estimate of drug-likeness (QED) is 0.862. The highest BCUT2D eigenvalue weighted by atomic mass is 79.9. The third kappa shape index (κ3) is 2.73. The van der Waals surface area contributed by atoms with Crippen LogP contribution >= 0.6 is 15.9 Å². The maximum absolute atomic E-state index is 13.3. The molecule has 2 rings (SSSR count). The minimum atomic E-state index is -0.346. The summed E-state index contributed by atoms with van der Waals surface area (Å²) >= 11 is 3.19. The largest absolute Gasteiger partial charge is 0.322 e. The average molecular weight is 309 g/mol. The highest BCUT2D eigenvalue weighted by Gasteiger charge is 2.09. The predicted octanol–water partition coefficient (Wildman–Crippen LogP) is 3.54. The van der Waals surface area contributed by atoms with Gasteiger partial charge in [0.1, 0.15) is 10.4 Å². The highest BCUT2D eigenvalue weighted by Crippen LogP contribution is 2.18. The van der Waals surface area contributed by atoms with Crippen LogP contribution in [0.15, 0.2) is 41.1 Å².